The molecule has 0 amide bonds. The highest BCUT2D eigenvalue weighted by atomic mass is 19.1. The number of methoxy groups -OCH3 is 1. The maximum absolute atomic E-state index is 13.6. The molecule has 0 radical (unpaired) electrons. The van der Waals surface area contributed by atoms with Gasteiger partial charge in [-0.15, -0.1) is 0 Å². The van der Waals surface area contributed by atoms with Gasteiger partial charge in [-0.2, -0.15) is 0 Å². The van der Waals surface area contributed by atoms with Crippen molar-refractivity contribution < 1.29 is 24.1 Å². The molecule has 1 aromatic rings. The number of carbonyl (C=O) groups is 1. The maximum Gasteiger partial charge on any atom is 0.306 e. The van der Waals surface area contributed by atoms with Gasteiger partial charge >= 0.3 is 5.97 Å². The normalized spacial score (nSPS) is 18.2. The maximum atomic E-state index is 13.6. The quantitative estimate of drug-likeness (QED) is 0.842. The van der Waals surface area contributed by atoms with E-state index in [0.29, 0.717) is 5.56 Å². The number of ether oxygens (including phenoxy) is 1. The average Bonchev–Trinajstić information content (AvgIpc) is 3.11. The van der Waals surface area contributed by atoms with Crippen LogP contribution in [0.15, 0.2) is 18.2 Å². The van der Waals surface area contributed by atoms with Crippen molar-refractivity contribution in [3.63, 3.8) is 0 Å². The first kappa shape index (κ1) is 12.8. The molecular formula is C13H15FO4. The molecule has 1 unspecified atom stereocenters. The second kappa shape index (κ2) is 4.57. The molecule has 1 saturated carbocycles. The van der Waals surface area contributed by atoms with E-state index in [4.69, 9.17) is 9.84 Å². The molecule has 98 valence electrons. The Morgan fingerprint density at radius 2 is 2.22 bits per heavy atom. The molecule has 2 rings (SSSR count). The number of halogens is 1. The average molecular weight is 254 g/mol. The minimum absolute atomic E-state index is 0.0761. The minimum Gasteiger partial charge on any atom is -0.494 e. The number of hydrogen-bond acceptors (Lipinski definition) is 3. The zero-order valence-corrected chi connectivity index (χ0v) is 10.0. The largest absolute Gasteiger partial charge is 0.494 e. The fraction of sp³-hybridized carbons (Fsp3) is 0.462. The van der Waals surface area contributed by atoms with Crippen molar-refractivity contribution in [2.24, 2.45) is 5.92 Å². The van der Waals surface area contributed by atoms with E-state index in [9.17, 15) is 14.3 Å². The number of aliphatic carboxylic acids is 1. The smallest absolute Gasteiger partial charge is 0.306 e. The van der Waals surface area contributed by atoms with Crippen molar-refractivity contribution in [1.29, 1.82) is 0 Å². The Morgan fingerprint density at radius 3 is 2.67 bits per heavy atom. The molecule has 0 aromatic heterocycles. The molecule has 1 aliphatic rings. The molecule has 1 fully saturated rings. The van der Waals surface area contributed by atoms with Gasteiger partial charge in [-0.1, -0.05) is 6.07 Å². The van der Waals surface area contributed by atoms with Gasteiger partial charge in [0.2, 0.25) is 0 Å². The second-order valence-corrected chi connectivity index (χ2v) is 4.62. The number of rotatable bonds is 5. The summed E-state index contributed by atoms with van der Waals surface area (Å²) in [5.41, 5.74) is -1.19. The Hall–Kier alpha value is -1.62. The summed E-state index contributed by atoms with van der Waals surface area (Å²) in [5.74, 6) is -1.73. The van der Waals surface area contributed by atoms with E-state index in [2.05, 4.69) is 0 Å². The predicted molar refractivity (Wildman–Crippen MR) is 61.8 cm³/mol. The highest BCUT2D eigenvalue weighted by Crippen LogP contribution is 2.48. The van der Waals surface area contributed by atoms with Crippen LogP contribution in [0.5, 0.6) is 5.75 Å². The lowest BCUT2D eigenvalue weighted by Gasteiger charge is -2.27. The number of aliphatic hydroxyl groups is 1. The van der Waals surface area contributed by atoms with Gasteiger partial charge in [0, 0.05) is 0 Å². The monoisotopic (exact) mass is 254 g/mol. The lowest BCUT2D eigenvalue weighted by Crippen LogP contribution is -2.31. The number of hydrogen-bond donors (Lipinski definition) is 2. The summed E-state index contributed by atoms with van der Waals surface area (Å²) in [6.45, 7) is 0. The molecule has 1 aliphatic carbocycles. The highest BCUT2D eigenvalue weighted by molar-refractivity contribution is 5.69. The van der Waals surface area contributed by atoms with Crippen LogP contribution in [-0.2, 0) is 10.4 Å². The van der Waals surface area contributed by atoms with E-state index >= 15 is 0 Å². The van der Waals surface area contributed by atoms with Crippen LogP contribution in [0.4, 0.5) is 4.39 Å². The summed E-state index contributed by atoms with van der Waals surface area (Å²) in [7, 11) is 1.35. The lowest BCUT2D eigenvalue weighted by molar-refractivity contribution is -0.144. The van der Waals surface area contributed by atoms with Gasteiger partial charge in [-0.3, -0.25) is 4.79 Å². The molecule has 1 atom stereocenters. The summed E-state index contributed by atoms with van der Waals surface area (Å²) in [6.07, 6.45) is 1.11. The zero-order chi connectivity index (χ0) is 13.3. The van der Waals surface area contributed by atoms with Gasteiger partial charge in [-0.05, 0) is 36.5 Å². The molecule has 4 nitrogen and oxygen atoms in total. The van der Waals surface area contributed by atoms with E-state index in [-0.39, 0.29) is 11.7 Å². The zero-order valence-electron chi connectivity index (χ0n) is 10.0. The second-order valence-electron chi connectivity index (χ2n) is 4.62. The first-order valence-corrected chi connectivity index (χ1v) is 5.75. The first-order valence-electron chi connectivity index (χ1n) is 5.75. The molecule has 0 spiro atoms. The molecule has 1 aromatic carbocycles. The van der Waals surface area contributed by atoms with Gasteiger partial charge in [0.15, 0.2) is 11.6 Å². The Balaban J connectivity index is 2.36. The van der Waals surface area contributed by atoms with Gasteiger partial charge in [0.1, 0.15) is 5.60 Å². The molecule has 0 saturated heterocycles. The number of carboxylic acids is 1. The standard InChI is InChI=1S/C13H15FO4/c1-18-11-5-4-9(6-10(11)14)13(17,7-12(15)16)8-2-3-8/h4-6,8,17H,2-3,7H2,1H3,(H,15,16). The van der Waals surface area contributed by atoms with Crippen molar-refractivity contribution in [3.05, 3.63) is 29.6 Å². The summed E-state index contributed by atoms with van der Waals surface area (Å²) >= 11 is 0. The minimum atomic E-state index is -1.49. The molecule has 2 N–H and O–H groups in total. The van der Waals surface area contributed by atoms with Crippen LogP contribution in [0, 0.1) is 11.7 Å². The fourth-order valence-corrected chi connectivity index (χ4v) is 2.21. The molecule has 5 heteroatoms. The molecule has 0 aliphatic heterocycles. The Morgan fingerprint density at radius 1 is 1.56 bits per heavy atom. The number of carboxylic acid groups (broad SMARTS) is 1. The van der Waals surface area contributed by atoms with E-state index in [1.54, 1.807) is 0 Å². The third kappa shape index (κ3) is 2.31. The van der Waals surface area contributed by atoms with Crippen molar-refractivity contribution >= 4 is 5.97 Å². The van der Waals surface area contributed by atoms with Crippen molar-refractivity contribution in [2.45, 2.75) is 24.9 Å². The van der Waals surface area contributed by atoms with Crippen LogP contribution in [-0.4, -0.2) is 23.3 Å². The first-order chi connectivity index (χ1) is 8.47. The van der Waals surface area contributed by atoms with Crippen LogP contribution < -0.4 is 4.74 Å². The number of benzene rings is 1. The van der Waals surface area contributed by atoms with Gasteiger partial charge in [-0.25, -0.2) is 4.39 Å². The Labute approximate surface area is 104 Å². The van der Waals surface area contributed by atoms with Crippen molar-refractivity contribution in [3.8, 4) is 5.75 Å². The van der Waals surface area contributed by atoms with Crippen molar-refractivity contribution in [2.75, 3.05) is 7.11 Å². The highest BCUT2D eigenvalue weighted by Gasteiger charge is 2.46. The van der Waals surface area contributed by atoms with Gasteiger partial charge < -0.3 is 14.9 Å². The SMILES string of the molecule is COc1ccc(C(O)(CC(=O)O)C2CC2)cc1F. The molecule has 18 heavy (non-hydrogen) atoms. The van der Waals surface area contributed by atoms with E-state index in [0.717, 1.165) is 18.9 Å². The van der Waals surface area contributed by atoms with Crippen LogP contribution >= 0.6 is 0 Å². The third-order valence-corrected chi connectivity index (χ3v) is 3.33. The van der Waals surface area contributed by atoms with Gasteiger partial charge in [0.25, 0.3) is 0 Å². The van der Waals surface area contributed by atoms with Crippen molar-refractivity contribution in [1.82, 2.24) is 0 Å². The lowest BCUT2D eigenvalue weighted by atomic mass is 9.85. The Bertz CT molecular complexity index is 470. The van der Waals surface area contributed by atoms with Crippen LogP contribution in [0.1, 0.15) is 24.8 Å². The molecule has 0 heterocycles. The van der Waals surface area contributed by atoms with Crippen LogP contribution in [0.25, 0.3) is 0 Å². The third-order valence-electron chi connectivity index (χ3n) is 3.33. The van der Waals surface area contributed by atoms with E-state index in [1.807, 2.05) is 0 Å². The summed E-state index contributed by atoms with van der Waals surface area (Å²) in [6, 6.07) is 4.07. The van der Waals surface area contributed by atoms with Crippen LogP contribution in [0.3, 0.4) is 0 Å². The Kier molecular flexibility index (Phi) is 3.26. The molecular weight excluding hydrogens is 239 g/mol. The molecule has 0 bridgehead atoms. The fourth-order valence-electron chi connectivity index (χ4n) is 2.21. The van der Waals surface area contributed by atoms with E-state index in [1.165, 1.54) is 19.2 Å². The predicted octanol–water partition coefficient (Wildman–Crippen LogP) is 1.91. The summed E-state index contributed by atoms with van der Waals surface area (Å²) in [4.78, 5) is 10.9. The topological polar surface area (TPSA) is 66.8 Å². The van der Waals surface area contributed by atoms with Crippen LogP contribution in [0.2, 0.25) is 0 Å². The van der Waals surface area contributed by atoms with E-state index < -0.39 is 23.8 Å². The van der Waals surface area contributed by atoms with Gasteiger partial charge in [0.05, 0.1) is 13.5 Å². The summed E-state index contributed by atoms with van der Waals surface area (Å²) < 4.78 is 18.4. The summed E-state index contributed by atoms with van der Waals surface area (Å²) in [5, 5.41) is 19.4.